The molecule has 0 saturated carbocycles. The number of pyridine rings is 1. The Kier molecular flexibility index (Phi) is 7.69. The molecule has 1 fully saturated rings. The molecule has 6 nitrogen and oxygen atoms in total. The van der Waals surface area contributed by atoms with E-state index in [2.05, 4.69) is 29.0 Å². The van der Waals surface area contributed by atoms with Crippen molar-refractivity contribution in [1.82, 2.24) is 20.1 Å². The normalized spacial score (nSPS) is 14.8. The van der Waals surface area contributed by atoms with Gasteiger partial charge in [0.15, 0.2) is 0 Å². The summed E-state index contributed by atoms with van der Waals surface area (Å²) >= 11 is 11.9. The maximum Gasteiger partial charge on any atom is 0.272 e. The summed E-state index contributed by atoms with van der Waals surface area (Å²) in [6.07, 6.45) is 1.62. The van der Waals surface area contributed by atoms with Gasteiger partial charge >= 0.3 is 0 Å². The van der Waals surface area contributed by atoms with E-state index < -0.39 is 0 Å². The van der Waals surface area contributed by atoms with E-state index in [9.17, 15) is 9.59 Å². The van der Waals surface area contributed by atoms with Crippen LogP contribution in [0.3, 0.4) is 0 Å². The van der Waals surface area contributed by atoms with Gasteiger partial charge in [0.05, 0.1) is 10.6 Å². The van der Waals surface area contributed by atoms with Gasteiger partial charge in [-0.3, -0.25) is 19.5 Å². The second kappa shape index (κ2) is 10.2. The monoisotopic (exact) mass is 448 g/mol. The molecule has 30 heavy (non-hydrogen) atoms. The van der Waals surface area contributed by atoms with Crippen molar-refractivity contribution in [2.45, 2.75) is 20.4 Å². The first-order valence-corrected chi connectivity index (χ1v) is 10.8. The zero-order valence-electron chi connectivity index (χ0n) is 17.2. The van der Waals surface area contributed by atoms with E-state index in [0.29, 0.717) is 40.3 Å². The lowest BCUT2D eigenvalue weighted by atomic mass is 10.1. The van der Waals surface area contributed by atoms with Crippen molar-refractivity contribution in [3.63, 3.8) is 0 Å². The van der Waals surface area contributed by atoms with Gasteiger partial charge in [0.2, 0.25) is 0 Å². The van der Waals surface area contributed by atoms with Crippen molar-refractivity contribution in [2.24, 2.45) is 5.92 Å². The lowest BCUT2D eigenvalue weighted by molar-refractivity contribution is 0.0618. The molecule has 0 aliphatic carbocycles. The van der Waals surface area contributed by atoms with E-state index in [-0.39, 0.29) is 18.4 Å². The maximum absolute atomic E-state index is 12.7. The standard InChI is InChI=1S/C22H26Cl2N4O2/c1-15(2)14-27-7-9-28(10-8-27)22(30)20-6-3-16(12-25-20)13-26-21(29)18-5-4-17(23)11-19(18)24/h3-6,11-12,15H,7-10,13-14H2,1-2H3,(H,26,29). The van der Waals surface area contributed by atoms with Crippen molar-refractivity contribution >= 4 is 35.0 Å². The zero-order chi connectivity index (χ0) is 21.7. The van der Waals surface area contributed by atoms with Crippen LogP contribution >= 0.6 is 23.2 Å². The number of piperazine rings is 1. The molecule has 0 radical (unpaired) electrons. The molecule has 8 heteroatoms. The van der Waals surface area contributed by atoms with Crippen molar-refractivity contribution in [1.29, 1.82) is 0 Å². The quantitative estimate of drug-likeness (QED) is 0.730. The first-order chi connectivity index (χ1) is 14.3. The van der Waals surface area contributed by atoms with Crippen LogP contribution in [0.25, 0.3) is 0 Å². The Morgan fingerprint density at radius 2 is 1.83 bits per heavy atom. The van der Waals surface area contributed by atoms with Crippen LogP contribution in [0.5, 0.6) is 0 Å². The molecule has 2 aromatic rings. The molecule has 160 valence electrons. The summed E-state index contributed by atoms with van der Waals surface area (Å²) in [4.78, 5) is 33.5. The van der Waals surface area contributed by atoms with Crippen LogP contribution in [-0.2, 0) is 6.54 Å². The van der Waals surface area contributed by atoms with Crippen molar-refractivity contribution in [3.05, 3.63) is 63.4 Å². The summed E-state index contributed by atoms with van der Waals surface area (Å²) in [7, 11) is 0. The molecule has 1 aliphatic rings. The number of rotatable bonds is 6. The number of benzene rings is 1. The number of nitrogens with zero attached hydrogens (tertiary/aromatic N) is 3. The molecular formula is C22H26Cl2N4O2. The van der Waals surface area contributed by atoms with E-state index in [0.717, 1.165) is 25.2 Å². The van der Waals surface area contributed by atoms with Crippen LogP contribution in [-0.4, -0.2) is 59.3 Å². The molecule has 0 unspecified atom stereocenters. The topological polar surface area (TPSA) is 65.5 Å². The number of aromatic nitrogens is 1. The number of amides is 2. The predicted octanol–water partition coefficient (Wildman–Crippen LogP) is 3.73. The lowest BCUT2D eigenvalue weighted by Crippen LogP contribution is -2.49. The number of hydrogen-bond donors (Lipinski definition) is 1. The van der Waals surface area contributed by atoms with E-state index in [1.165, 1.54) is 6.07 Å². The highest BCUT2D eigenvalue weighted by molar-refractivity contribution is 6.36. The molecule has 2 amide bonds. The third kappa shape index (κ3) is 5.94. The average Bonchev–Trinajstić information content (AvgIpc) is 2.72. The van der Waals surface area contributed by atoms with Crippen LogP contribution in [0.4, 0.5) is 0 Å². The Morgan fingerprint density at radius 3 is 2.43 bits per heavy atom. The summed E-state index contributed by atoms with van der Waals surface area (Å²) in [5.41, 5.74) is 1.58. The maximum atomic E-state index is 12.7. The highest BCUT2D eigenvalue weighted by Crippen LogP contribution is 2.21. The smallest absolute Gasteiger partial charge is 0.272 e. The second-order valence-corrected chi connectivity index (χ2v) is 8.69. The Balaban J connectivity index is 1.52. The molecule has 1 N–H and O–H groups in total. The third-order valence-corrected chi connectivity index (χ3v) is 5.50. The van der Waals surface area contributed by atoms with Crippen LogP contribution in [0.2, 0.25) is 10.0 Å². The minimum atomic E-state index is -0.295. The van der Waals surface area contributed by atoms with E-state index in [1.54, 1.807) is 30.5 Å². The first-order valence-electron chi connectivity index (χ1n) is 10.0. The average molecular weight is 449 g/mol. The zero-order valence-corrected chi connectivity index (χ0v) is 18.7. The van der Waals surface area contributed by atoms with Gasteiger partial charge < -0.3 is 10.2 Å². The van der Waals surface area contributed by atoms with Crippen molar-refractivity contribution < 1.29 is 9.59 Å². The summed E-state index contributed by atoms with van der Waals surface area (Å²) in [5.74, 6) is 0.275. The molecule has 3 rings (SSSR count). The highest BCUT2D eigenvalue weighted by Gasteiger charge is 2.23. The van der Waals surface area contributed by atoms with Crippen LogP contribution in [0, 0.1) is 5.92 Å². The fraction of sp³-hybridized carbons (Fsp3) is 0.409. The van der Waals surface area contributed by atoms with Gasteiger partial charge in [-0.25, -0.2) is 0 Å². The highest BCUT2D eigenvalue weighted by atomic mass is 35.5. The molecule has 1 aliphatic heterocycles. The fourth-order valence-corrected chi connectivity index (χ4v) is 3.91. The number of carbonyl (C=O) groups excluding carboxylic acids is 2. The van der Waals surface area contributed by atoms with Crippen molar-refractivity contribution in [2.75, 3.05) is 32.7 Å². The molecule has 0 atom stereocenters. The molecule has 2 heterocycles. The Hall–Kier alpha value is -2.15. The number of carbonyl (C=O) groups is 2. The Morgan fingerprint density at radius 1 is 1.10 bits per heavy atom. The van der Waals surface area contributed by atoms with E-state index in [4.69, 9.17) is 23.2 Å². The van der Waals surface area contributed by atoms with Gasteiger partial charge in [-0.2, -0.15) is 0 Å². The number of nitrogens with one attached hydrogen (secondary N) is 1. The predicted molar refractivity (Wildman–Crippen MR) is 119 cm³/mol. The largest absolute Gasteiger partial charge is 0.348 e. The SMILES string of the molecule is CC(C)CN1CCN(C(=O)c2ccc(CNC(=O)c3ccc(Cl)cc3Cl)cn2)CC1. The fourth-order valence-electron chi connectivity index (χ4n) is 3.42. The molecule has 0 spiro atoms. The van der Waals surface area contributed by atoms with Gasteiger partial charge in [0.25, 0.3) is 11.8 Å². The molecule has 0 bridgehead atoms. The van der Waals surface area contributed by atoms with Gasteiger partial charge in [-0.15, -0.1) is 0 Å². The summed E-state index contributed by atoms with van der Waals surface area (Å²) in [6.45, 7) is 8.96. The molecule has 1 saturated heterocycles. The van der Waals surface area contributed by atoms with E-state index in [1.807, 2.05) is 4.90 Å². The van der Waals surface area contributed by atoms with Crippen LogP contribution in [0.1, 0.15) is 40.3 Å². The van der Waals surface area contributed by atoms with Gasteiger partial charge in [-0.05, 0) is 35.7 Å². The second-order valence-electron chi connectivity index (χ2n) is 7.85. The molecular weight excluding hydrogens is 423 g/mol. The van der Waals surface area contributed by atoms with Gasteiger partial charge in [0.1, 0.15) is 5.69 Å². The molecule has 1 aromatic heterocycles. The van der Waals surface area contributed by atoms with E-state index >= 15 is 0 Å². The van der Waals surface area contributed by atoms with Gasteiger partial charge in [-0.1, -0.05) is 43.1 Å². The lowest BCUT2D eigenvalue weighted by Gasteiger charge is -2.35. The first kappa shape index (κ1) is 22.5. The minimum Gasteiger partial charge on any atom is -0.348 e. The Labute approximate surface area is 187 Å². The van der Waals surface area contributed by atoms with Gasteiger partial charge in [0, 0.05) is 50.5 Å². The Bertz CT molecular complexity index is 895. The summed E-state index contributed by atoms with van der Waals surface area (Å²) in [5, 5.41) is 3.57. The number of halogens is 2. The third-order valence-electron chi connectivity index (χ3n) is 4.96. The van der Waals surface area contributed by atoms with Crippen molar-refractivity contribution in [3.8, 4) is 0 Å². The number of hydrogen-bond acceptors (Lipinski definition) is 4. The summed E-state index contributed by atoms with van der Waals surface area (Å²) in [6, 6.07) is 8.25. The van der Waals surface area contributed by atoms with Crippen LogP contribution < -0.4 is 5.32 Å². The molecule has 1 aromatic carbocycles. The minimum absolute atomic E-state index is 0.0530. The summed E-state index contributed by atoms with van der Waals surface area (Å²) < 4.78 is 0. The van der Waals surface area contributed by atoms with Crippen LogP contribution in [0.15, 0.2) is 36.5 Å².